The Morgan fingerprint density at radius 1 is 0.929 bits per heavy atom. The van der Waals surface area contributed by atoms with Crippen molar-refractivity contribution >= 4 is 29.1 Å². The van der Waals surface area contributed by atoms with Gasteiger partial charge in [0.2, 0.25) is 11.8 Å². The number of carbonyl (C=O) groups excluding carboxylic acids is 3. The summed E-state index contributed by atoms with van der Waals surface area (Å²) in [6.07, 6.45) is 2.99. The maximum absolute atomic E-state index is 12.6. The number of hydrogen-bond donors (Lipinski definition) is 1. The van der Waals surface area contributed by atoms with Gasteiger partial charge in [-0.3, -0.25) is 14.4 Å². The predicted molar refractivity (Wildman–Crippen MR) is 107 cm³/mol. The van der Waals surface area contributed by atoms with Gasteiger partial charge in [-0.2, -0.15) is 0 Å². The third-order valence-electron chi connectivity index (χ3n) is 5.24. The molecule has 0 bridgehead atoms. The van der Waals surface area contributed by atoms with Gasteiger partial charge in [0.05, 0.1) is 0 Å². The second kappa shape index (κ2) is 7.84. The molecule has 6 heteroatoms. The molecule has 0 radical (unpaired) electrons. The van der Waals surface area contributed by atoms with Crippen molar-refractivity contribution in [2.24, 2.45) is 0 Å². The van der Waals surface area contributed by atoms with E-state index in [1.165, 1.54) is 0 Å². The van der Waals surface area contributed by atoms with Gasteiger partial charge < -0.3 is 15.1 Å². The molecule has 0 saturated carbocycles. The molecular formula is C22H23N3O3. The van der Waals surface area contributed by atoms with Crippen LogP contribution < -0.4 is 10.2 Å². The molecule has 2 aromatic rings. The van der Waals surface area contributed by atoms with E-state index in [-0.39, 0.29) is 17.7 Å². The van der Waals surface area contributed by atoms with Gasteiger partial charge >= 0.3 is 0 Å². The van der Waals surface area contributed by atoms with Crippen molar-refractivity contribution in [2.45, 2.75) is 32.2 Å². The summed E-state index contributed by atoms with van der Waals surface area (Å²) >= 11 is 0. The number of likely N-dealkylation sites (tertiary alicyclic amines) is 1. The zero-order valence-corrected chi connectivity index (χ0v) is 15.7. The van der Waals surface area contributed by atoms with E-state index in [0.717, 1.165) is 37.2 Å². The van der Waals surface area contributed by atoms with E-state index in [2.05, 4.69) is 5.32 Å². The summed E-state index contributed by atoms with van der Waals surface area (Å²) < 4.78 is 0. The van der Waals surface area contributed by atoms with Crippen molar-refractivity contribution in [3.05, 3.63) is 59.7 Å². The molecule has 28 heavy (non-hydrogen) atoms. The normalized spacial score (nSPS) is 16.7. The van der Waals surface area contributed by atoms with E-state index in [0.29, 0.717) is 30.6 Å². The summed E-state index contributed by atoms with van der Waals surface area (Å²) in [7, 11) is 0. The van der Waals surface area contributed by atoms with Gasteiger partial charge in [0.25, 0.3) is 5.91 Å². The number of rotatable bonds is 5. The van der Waals surface area contributed by atoms with Crippen LogP contribution in [0.15, 0.2) is 48.5 Å². The van der Waals surface area contributed by atoms with Crippen LogP contribution in [0.25, 0.3) is 0 Å². The quantitative estimate of drug-likeness (QED) is 0.870. The summed E-state index contributed by atoms with van der Waals surface area (Å²) in [5.41, 5.74) is 3.07. The Kier molecular flexibility index (Phi) is 5.10. The van der Waals surface area contributed by atoms with Crippen molar-refractivity contribution < 1.29 is 14.4 Å². The molecule has 0 aromatic heterocycles. The fourth-order valence-corrected chi connectivity index (χ4v) is 3.76. The van der Waals surface area contributed by atoms with Crippen LogP contribution in [0.5, 0.6) is 0 Å². The Hall–Kier alpha value is -3.15. The van der Waals surface area contributed by atoms with E-state index in [9.17, 15) is 14.4 Å². The van der Waals surface area contributed by atoms with Crippen molar-refractivity contribution in [1.29, 1.82) is 0 Å². The second-order valence-corrected chi connectivity index (χ2v) is 7.27. The number of hydrogen-bond acceptors (Lipinski definition) is 3. The van der Waals surface area contributed by atoms with E-state index in [1.807, 2.05) is 41.3 Å². The average molecular weight is 377 g/mol. The first-order chi connectivity index (χ1) is 13.6. The molecule has 2 fully saturated rings. The smallest absolute Gasteiger partial charge is 0.255 e. The maximum atomic E-state index is 12.6. The highest BCUT2D eigenvalue weighted by Gasteiger charge is 2.22. The summed E-state index contributed by atoms with van der Waals surface area (Å²) in [5, 5.41) is 2.91. The lowest BCUT2D eigenvalue weighted by Gasteiger charge is -2.17. The van der Waals surface area contributed by atoms with Crippen molar-refractivity contribution in [3.8, 4) is 0 Å². The van der Waals surface area contributed by atoms with Crippen molar-refractivity contribution in [3.63, 3.8) is 0 Å². The van der Waals surface area contributed by atoms with Crippen molar-refractivity contribution in [1.82, 2.24) is 4.90 Å². The van der Waals surface area contributed by atoms with E-state index < -0.39 is 0 Å². The molecule has 2 heterocycles. The molecule has 0 spiro atoms. The van der Waals surface area contributed by atoms with E-state index >= 15 is 0 Å². The molecule has 2 aliphatic heterocycles. The minimum absolute atomic E-state index is 0.130. The first-order valence-electron chi connectivity index (χ1n) is 9.69. The lowest BCUT2D eigenvalue weighted by Crippen LogP contribution is -2.24. The third kappa shape index (κ3) is 3.91. The summed E-state index contributed by atoms with van der Waals surface area (Å²) in [6, 6.07) is 14.7. The van der Waals surface area contributed by atoms with Gasteiger partial charge in [-0.25, -0.2) is 0 Å². The molecule has 0 aliphatic carbocycles. The number of carbonyl (C=O) groups is 3. The Bertz CT molecular complexity index is 907. The van der Waals surface area contributed by atoms with E-state index in [4.69, 9.17) is 0 Å². The fourth-order valence-electron chi connectivity index (χ4n) is 3.76. The molecule has 6 nitrogen and oxygen atoms in total. The molecule has 1 N–H and O–H groups in total. The fraction of sp³-hybridized carbons (Fsp3) is 0.318. The van der Waals surface area contributed by atoms with Crippen LogP contribution in [-0.2, 0) is 16.1 Å². The molecule has 3 amide bonds. The molecule has 0 atom stereocenters. The van der Waals surface area contributed by atoms with Crippen LogP contribution in [0.1, 0.15) is 41.6 Å². The van der Waals surface area contributed by atoms with Gasteiger partial charge in [-0.05, 0) is 54.8 Å². The summed E-state index contributed by atoms with van der Waals surface area (Å²) in [5.74, 6) is 0.116. The third-order valence-corrected chi connectivity index (χ3v) is 5.24. The minimum atomic E-state index is -0.200. The Labute approximate surface area is 164 Å². The zero-order chi connectivity index (χ0) is 19.5. The largest absolute Gasteiger partial charge is 0.338 e. The number of benzene rings is 2. The topological polar surface area (TPSA) is 69.7 Å². The van der Waals surface area contributed by atoms with Gasteiger partial charge in [0.15, 0.2) is 0 Å². The number of nitrogens with zero attached hydrogens (tertiary/aromatic N) is 2. The van der Waals surface area contributed by atoms with Crippen LogP contribution in [0.3, 0.4) is 0 Å². The molecule has 144 valence electrons. The molecule has 0 unspecified atom stereocenters. The first kappa shape index (κ1) is 18.2. The molecule has 2 aromatic carbocycles. The Balaban J connectivity index is 1.41. The standard InChI is InChI=1S/C22H23N3O3/c26-20-6-2-12-24(20)15-16-4-1-5-18(14-16)23-22(28)17-8-10-19(11-9-17)25-13-3-7-21(25)27/h1,4-5,8-11,14H,2-3,6-7,12-13,15H2,(H,23,28). The highest BCUT2D eigenvalue weighted by molar-refractivity contribution is 6.05. The summed E-state index contributed by atoms with van der Waals surface area (Å²) in [4.78, 5) is 39.8. The van der Waals surface area contributed by atoms with Gasteiger partial charge in [-0.1, -0.05) is 12.1 Å². The second-order valence-electron chi connectivity index (χ2n) is 7.27. The monoisotopic (exact) mass is 377 g/mol. The number of nitrogens with one attached hydrogen (secondary N) is 1. The molecular weight excluding hydrogens is 354 g/mol. The van der Waals surface area contributed by atoms with Gasteiger partial charge in [-0.15, -0.1) is 0 Å². The van der Waals surface area contributed by atoms with Crippen molar-refractivity contribution in [2.75, 3.05) is 23.3 Å². The molecule has 2 aliphatic rings. The number of anilines is 2. The van der Waals surface area contributed by atoms with Crippen LogP contribution in [0.2, 0.25) is 0 Å². The molecule has 4 rings (SSSR count). The first-order valence-corrected chi connectivity index (χ1v) is 9.69. The highest BCUT2D eigenvalue weighted by Crippen LogP contribution is 2.22. The van der Waals surface area contributed by atoms with Crippen LogP contribution >= 0.6 is 0 Å². The Morgan fingerprint density at radius 2 is 1.68 bits per heavy atom. The Morgan fingerprint density at radius 3 is 2.36 bits per heavy atom. The highest BCUT2D eigenvalue weighted by atomic mass is 16.2. The maximum Gasteiger partial charge on any atom is 0.255 e. The molecule has 2 saturated heterocycles. The lowest BCUT2D eigenvalue weighted by atomic mass is 10.1. The SMILES string of the molecule is O=C(Nc1cccc(CN2CCCC2=O)c1)c1ccc(N2CCCC2=O)cc1. The number of amides is 3. The predicted octanol–water partition coefficient (Wildman–Crippen LogP) is 3.19. The van der Waals surface area contributed by atoms with Gasteiger partial charge in [0.1, 0.15) is 0 Å². The lowest BCUT2D eigenvalue weighted by molar-refractivity contribution is -0.128. The van der Waals surface area contributed by atoms with Crippen LogP contribution in [0.4, 0.5) is 11.4 Å². The van der Waals surface area contributed by atoms with Crippen LogP contribution in [-0.4, -0.2) is 35.7 Å². The minimum Gasteiger partial charge on any atom is -0.338 e. The van der Waals surface area contributed by atoms with Gasteiger partial charge in [0, 0.05) is 49.4 Å². The summed E-state index contributed by atoms with van der Waals surface area (Å²) in [6.45, 7) is 2.10. The van der Waals surface area contributed by atoms with E-state index in [1.54, 1.807) is 17.0 Å². The zero-order valence-electron chi connectivity index (χ0n) is 15.7. The average Bonchev–Trinajstić information content (AvgIpc) is 3.30. The van der Waals surface area contributed by atoms with Crippen LogP contribution in [0, 0.1) is 0 Å².